The minimum absolute atomic E-state index is 0.813. The molecule has 0 fully saturated rings. The fraction of sp³-hybridized carbons (Fsp3) is 0. The normalized spacial score (nSPS) is 13.6. The Labute approximate surface area is 323 Å². The number of allylic oxidation sites excluding steroid dienone is 2. The van der Waals surface area contributed by atoms with Gasteiger partial charge in [-0.25, -0.2) is 9.98 Å². The lowest BCUT2D eigenvalue weighted by Gasteiger charge is -2.14. The van der Waals surface area contributed by atoms with Gasteiger partial charge >= 0.3 is 0 Å². The molecule has 5 aromatic carbocycles. The zero-order valence-corrected chi connectivity index (χ0v) is 30.3. The summed E-state index contributed by atoms with van der Waals surface area (Å²) < 4.78 is 2.33. The number of benzene rings is 5. The van der Waals surface area contributed by atoms with E-state index >= 15 is 0 Å². The van der Waals surface area contributed by atoms with Gasteiger partial charge in [0.05, 0.1) is 28.3 Å². The molecular weight excluding hydrogens is 683 g/mol. The number of nitrogens with one attached hydrogen (secondary N) is 1. The zero-order chi connectivity index (χ0) is 37.0. The van der Waals surface area contributed by atoms with Crippen LogP contribution >= 0.6 is 0 Å². The lowest BCUT2D eigenvalue weighted by Crippen LogP contribution is -2.19. The molecule has 7 aromatic rings. The van der Waals surface area contributed by atoms with Gasteiger partial charge in [0.25, 0.3) is 0 Å². The molecule has 0 spiro atoms. The van der Waals surface area contributed by atoms with Gasteiger partial charge in [0.2, 0.25) is 0 Å². The first-order chi connectivity index (χ1) is 27.8. The Morgan fingerprint density at radius 3 is 1.61 bits per heavy atom. The van der Waals surface area contributed by atoms with Crippen LogP contribution in [0.15, 0.2) is 205 Å². The van der Waals surface area contributed by atoms with E-state index in [-0.39, 0.29) is 0 Å². The highest BCUT2D eigenvalue weighted by Crippen LogP contribution is 2.43. The van der Waals surface area contributed by atoms with Crippen molar-refractivity contribution in [3.63, 3.8) is 0 Å². The van der Waals surface area contributed by atoms with Gasteiger partial charge in [-0.05, 0) is 58.7 Å². The molecule has 4 aliphatic rings. The summed E-state index contributed by atoms with van der Waals surface area (Å²) in [4.78, 5) is 20.4. The van der Waals surface area contributed by atoms with Crippen molar-refractivity contribution in [1.82, 2.24) is 19.4 Å². The van der Waals surface area contributed by atoms with Crippen molar-refractivity contribution in [2.24, 2.45) is 4.99 Å². The van der Waals surface area contributed by atoms with Crippen LogP contribution in [0.3, 0.4) is 0 Å². The first kappa shape index (κ1) is 31.9. The van der Waals surface area contributed by atoms with Crippen LogP contribution in [-0.4, -0.2) is 25.1 Å². The highest BCUT2D eigenvalue weighted by molar-refractivity contribution is 6.30. The van der Waals surface area contributed by atoms with Gasteiger partial charge in [-0.3, -0.25) is 9.38 Å². The second-order valence-corrected chi connectivity index (χ2v) is 14.1. The van der Waals surface area contributed by atoms with Gasteiger partial charge in [-0.15, -0.1) is 0 Å². The van der Waals surface area contributed by atoms with Crippen molar-refractivity contribution >= 4 is 27.9 Å². The second kappa shape index (κ2) is 13.0. The van der Waals surface area contributed by atoms with Crippen molar-refractivity contribution in [3.8, 4) is 33.9 Å². The number of H-pyrrole nitrogens is 1. The second-order valence-electron chi connectivity index (χ2n) is 14.1. The predicted molar refractivity (Wildman–Crippen MR) is 227 cm³/mol. The Balaban J connectivity index is 1.40. The fourth-order valence-corrected chi connectivity index (χ4v) is 8.33. The topological polar surface area (TPSA) is 58.3 Å². The van der Waals surface area contributed by atoms with Crippen molar-refractivity contribution in [3.05, 3.63) is 239 Å². The number of aromatic amines is 1. The van der Waals surface area contributed by atoms with Crippen molar-refractivity contribution in [1.29, 1.82) is 0 Å². The number of hydrogen-bond acceptors (Lipinski definition) is 3. The summed E-state index contributed by atoms with van der Waals surface area (Å²) in [7, 11) is 0. The van der Waals surface area contributed by atoms with Crippen LogP contribution in [0, 0.1) is 0 Å². The maximum Gasteiger partial charge on any atom is 0.145 e. The molecule has 2 aromatic heterocycles. The molecule has 0 unspecified atom stereocenters. The number of hydrogen-bond donors (Lipinski definition) is 1. The largest absolute Gasteiger partial charge is 0.354 e. The number of aliphatic imine (C=N–C) groups is 1. The van der Waals surface area contributed by atoms with Gasteiger partial charge in [-0.1, -0.05) is 152 Å². The third-order valence-corrected chi connectivity index (χ3v) is 10.8. The highest BCUT2D eigenvalue weighted by Gasteiger charge is 2.28. The molecule has 6 heterocycles. The average molecular weight is 716 g/mol. The van der Waals surface area contributed by atoms with Gasteiger partial charge in [0.1, 0.15) is 11.5 Å². The molecule has 0 aliphatic carbocycles. The summed E-state index contributed by atoms with van der Waals surface area (Å²) in [5, 5.41) is 1.94. The molecule has 0 radical (unpaired) electrons. The molecule has 6 bridgehead atoms. The van der Waals surface area contributed by atoms with E-state index in [1.165, 1.54) is 0 Å². The minimum Gasteiger partial charge on any atom is -0.354 e. The Morgan fingerprint density at radius 2 is 0.982 bits per heavy atom. The van der Waals surface area contributed by atoms with Gasteiger partial charge in [0.15, 0.2) is 0 Å². The van der Waals surface area contributed by atoms with E-state index in [1.807, 2.05) is 6.20 Å². The Kier molecular flexibility index (Phi) is 7.42. The van der Waals surface area contributed by atoms with Crippen LogP contribution in [0.5, 0.6) is 0 Å². The van der Waals surface area contributed by atoms with Crippen molar-refractivity contribution < 1.29 is 0 Å². The molecule has 11 rings (SSSR count). The monoisotopic (exact) mass is 715 g/mol. The Bertz CT molecular complexity index is 3130. The summed E-state index contributed by atoms with van der Waals surface area (Å²) in [5.41, 5.74) is 15.7. The minimum atomic E-state index is 0.813. The molecule has 1 N–H and O–H groups in total. The molecule has 0 atom stereocenters. The van der Waals surface area contributed by atoms with Gasteiger partial charge < -0.3 is 4.98 Å². The molecule has 0 saturated heterocycles. The maximum absolute atomic E-state index is 5.75. The van der Waals surface area contributed by atoms with E-state index in [0.29, 0.717) is 0 Å². The number of rotatable bonds is 5. The van der Waals surface area contributed by atoms with Crippen molar-refractivity contribution in [2.45, 2.75) is 0 Å². The predicted octanol–water partition coefficient (Wildman–Crippen LogP) is 9.73. The standard InChI is InChI=1S/C51H33N5/c1-6-16-33(17-7-1)45-38-32-52-50-48(36-22-12-4-13-23-36)44-31-30-43(56(44)51(55-49(38)50)37-24-14-5-15-25-37)47(35-20-10-3-11-21-35)42-29-28-41(54-42)46(34-18-8-2-9-19-34)40-27-26-39(45)53-40/h1-32,53H. The zero-order valence-electron chi connectivity index (χ0n) is 30.3. The highest BCUT2D eigenvalue weighted by atomic mass is 15.0. The number of aromatic nitrogens is 4. The molecular formula is C51H33N5. The summed E-state index contributed by atoms with van der Waals surface area (Å²) >= 11 is 0. The first-order valence-corrected chi connectivity index (χ1v) is 18.9. The maximum atomic E-state index is 5.75. The molecule has 0 amide bonds. The van der Waals surface area contributed by atoms with Crippen LogP contribution in [0.25, 0.3) is 56.1 Å². The summed E-state index contributed by atoms with van der Waals surface area (Å²) in [6.07, 6.45) is 6.32. The molecule has 5 heteroatoms. The summed E-state index contributed by atoms with van der Waals surface area (Å²) in [6.45, 7) is 0. The van der Waals surface area contributed by atoms with E-state index in [0.717, 1.165) is 106 Å². The molecule has 5 nitrogen and oxygen atoms in total. The Morgan fingerprint density at radius 1 is 0.446 bits per heavy atom. The van der Waals surface area contributed by atoms with E-state index in [1.54, 1.807) is 0 Å². The third-order valence-electron chi connectivity index (χ3n) is 10.8. The smallest absolute Gasteiger partial charge is 0.145 e. The SMILES string of the molecule is C1=CC2=C(c3ccccc3)c3ccc4c(-c5ccccc5)c5ncc(c-5nc(-c5ccccc5)n34)C(c3ccccc3)=c3ccc([nH]3)=C(c3ccccc3)C1=N2. The van der Waals surface area contributed by atoms with Crippen LogP contribution in [-0.2, 0) is 0 Å². The molecule has 4 aliphatic heterocycles. The molecule has 0 saturated carbocycles. The van der Waals surface area contributed by atoms with E-state index < -0.39 is 0 Å². The van der Waals surface area contributed by atoms with E-state index in [9.17, 15) is 0 Å². The number of nitrogens with zero attached hydrogens (tertiary/aromatic N) is 4. The van der Waals surface area contributed by atoms with Gasteiger partial charge in [-0.2, -0.15) is 0 Å². The molecule has 262 valence electrons. The average Bonchev–Trinajstić information content (AvgIpc) is 4.08. The van der Waals surface area contributed by atoms with Crippen LogP contribution in [0.1, 0.15) is 27.9 Å². The van der Waals surface area contributed by atoms with Crippen LogP contribution in [0.2, 0.25) is 0 Å². The van der Waals surface area contributed by atoms with Crippen molar-refractivity contribution in [2.75, 3.05) is 0 Å². The first-order valence-electron chi connectivity index (χ1n) is 18.9. The summed E-state index contributed by atoms with van der Waals surface area (Å²) in [6, 6.07) is 61.6. The van der Waals surface area contributed by atoms with Crippen LogP contribution < -0.4 is 10.7 Å². The van der Waals surface area contributed by atoms with E-state index in [2.05, 4.69) is 197 Å². The molecule has 56 heavy (non-hydrogen) atoms. The summed E-state index contributed by atoms with van der Waals surface area (Å²) in [5.74, 6) is 0.813. The quantitative estimate of drug-likeness (QED) is 0.193. The fourth-order valence-electron chi connectivity index (χ4n) is 8.33. The van der Waals surface area contributed by atoms with E-state index in [4.69, 9.17) is 15.0 Å². The number of fused-ring (bicyclic) bond motifs is 4. The van der Waals surface area contributed by atoms with Crippen LogP contribution in [0.4, 0.5) is 0 Å². The van der Waals surface area contributed by atoms with Gasteiger partial charge in [0, 0.05) is 50.3 Å². The lowest BCUT2D eigenvalue weighted by molar-refractivity contribution is 1.11. The lowest BCUT2D eigenvalue weighted by atomic mass is 9.95. The Hall–Kier alpha value is -7.63. The third kappa shape index (κ3) is 5.13.